The van der Waals surface area contributed by atoms with Crippen LogP contribution in [0.5, 0.6) is 0 Å². The van der Waals surface area contributed by atoms with Crippen LogP contribution in [0.15, 0.2) is 66.7 Å². The topological polar surface area (TPSA) is 8.82 Å². The average molecular weight is 625 g/mol. The third-order valence-electron chi connectivity index (χ3n) is 10.5. The fraction of sp³-hybridized carbons (Fsp3) is 0.286. The van der Waals surface area contributed by atoms with E-state index in [-0.39, 0.29) is 21.3 Å². The molecule has 46 heavy (non-hydrogen) atoms. The van der Waals surface area contributed by atoms with Crippen molar-refractivity contribution in [2.24, 2.45) is 0 Å². The third kappa shape index (κ3) is 3.47. The molecule has 0 spiro atoms. The fourth-order valence-corrected chi connectivity index (χ4v) is 8.15. The van der Waals surface area contributed by atoms with Gasteiger partial charge >= 0.3 is 0 Å². The van der Waals surface area contributed by atoms with Gasteiger partial charge in [0.25, 0.3) is 0 Å². The zero-order valence-corrected chi connectivity index (χ0v) is 28.8. The zero-order chi connectivity index (χ0) is 32.4. The van der Waals surface area contributed by atoms with Crippen LogP contribution in [0.3, 0.4) is 0 Å². The maximum atomic E-state index is 15.1. The molecule has 0 fully saturated rings. The molecule has 0 amide bonds. The molecule has 4 heteroatoms. The average Bonchev–Trinajstić information content (AvgIpc) is 3.67. The van der Waals surface area contributed by atoms with E-state index in [1.807, 2.05) is 6.07 Å². The standard InChI is InChI=1S/C42H38ClFN2/c1-40(2,3)21-10-12-33-24(14-21)26-16-23(42(7,8)9)17-27-29-18-28-25-19-31(43)32(44)20-35(25)45-34-13-11-22(41(4,5)6)15-30(34)36(38(28)45)39(29)46(33)37(26)27/h10-20H,1-9H3. The number of benzene rings is 5. The highest BCUT2D eigenvalue weighted by molar-refractivity contribution is 6.37. The van der Waals surface area contributed by atoms with E-state index >= 15 is 4.39 Å². The highest BCUT2D eigenvalue weighted by Gasteiger charge is 2.29. The summed E-state index contributed by atoms with van der Waals surface area (Å²) in [6, 6.07) is 24.5. The van der Waals surface area contributed by atoms with E-state index in [4.69, 9.17) is 11.6 Å². The first-order valence-electron chi connectivity index (χ1n) is 16.3. The number of hydrogen-bond donors (Lipinski definition) is 0. The van der Waals surface area contributed by atoms with Crippen LogP contribution in [0.25, 0.3) is 76.2 Å². The molecule has 9 rings (SSSR count). The van der Waals surface area contributed by atoms with E-state index in [9.17, 15) is 0 Å². The summed E-state index contributed by atoms with van der Waals surface area (Å²) in [5.41, 5.74) is 10.7. The summed E-state index contributed by atoms with van der Waals surface area (Å²) in [4.78, 5) is 0. The summed E-state index contributed by atoms with van der Waals surface area (Å²) >= 11 is 6.46. The van der Waals surface area contributed by atoms with E-state index in [0.717, 1.165) is 27.3 Å². The van der Waals surface area contributed by atoms with Gasteiger partial charge in [0.15, 0.2) is 0 Å². The molecule has 0 unspecified atom stereocenters. The Kier molecular flexibility index (Phi) is 5.17. The number of nitrogens with zero attached hydrogens (tertiary/aromatic N) is 2. The molecule has 230 valence electrons. The number of halogens is 2. The molecule has 0 aliphatic carbocycles. The predicted octanol–water partition coefficient (Wildman–Crippen LogP) is 12.7. The van der Waals surface area contributed by atoms with Crippen LogP contribution in [-0.2, 0) is 16.2 Å². The van der Waals surface area contributed by atoms with Gasteiger partial charge in [-0.05, 0) is 81.5 Å². The van der Waals surface area contributed by atoms with Crippen LogP contribution in [-0.4, -0.2) is 8.80 Å². The molecule has 4 heterocycles. The second-order valence-corrected chi connectivity index (χ2v) is 17.0. The molecule has 0 saturated heterocycles. The van der Waals surface area contributed by atoms with Gasteiger partial charge in [-0.1, -0.05) is 86.0 Å². The Morgan fingerprint density at radius 3 is 1.52 bits per heavy atom. The van der Waals surface area contributed by atoms with Crippen molar-refractivity contribution in [1.82, 2.24) is 8.80 Å². The Bertz CT molecular complexity index is 2750. The number of aromatic nitrogens is 2. The second kappa shape index (κ2) is 8.44. The van der Waals surface area contributed by atoms with Crippen molar-refractivity contribution in [1.29, 1.82) is 0 Å². The molecule has 0 aliphatic rings. The minimum Gasteiger partial charge on any atom is -0.308 e. The van der Waals surface area contributed by atoms with Crippen molar-refractivity contribution >= 4 is 87.8 Å². The molecular formula is C42H38ClFN2. The van der Waals surface area contributed by atoms with Crippen molar-refractivity contribution in [2.45, 2.75) is 78.6 Å². The molecule has 0 N–H and O–H groups in total. The van der Waals surface area contributed by atoms with Crippen LogP contribution in [0.1, 0.15) is 79.0 Å². The lowest BCUT2D eigenvalue weighted by molar-refractivity contribution is 0.590. The Balaban J connectivity index is 1.62. The lowest BCUT2D eigenvalue weighted by Gasteiger charge is -2.20. The van der Waals surface area contributed by atoms with Crippen LogP contribution in [0.2, 0.25) is 5.02 Å². The van der Waals surface area contributed by atoms with E-state index in [1.54, 1.807) is 6.07 Å². The van der Waals surface area contributed by atoms with Gasteiger partial charge in [0.2, 0.25) is 0 Å². The van der Waals surface area contributed by atoms with Gasteiger partial charge < -0.3 is 8.80 Å². The number of hydrogen-bond acceptors (Lipinski definition) is 0. The van der Waals surface area contributed by atoms with Crippen LogP contribution < -0.4 is 0 Å². The van der Waals surface area contributed by atoms with E-state index < -0.39 is 5.82 Å². The predicted molar refractivity (Wildman–Crippen MR) is 197 cm³/mol. The monoisotopic (exact) mass is 624 g/mol. The number of fused-ring (bicyclic) bond motifs is 13. The summed E-state index contributed by atoms with van der Waals surface area (Å²) in [7, 11) is 0. The van der Waals surface area contributed by atoms with Crippen LogP contribution in [0.4, 0.5) is 4.39 Å². The first-order valence-corrected chi connectivity index (χ1v) is 16.7. The van der Waals surface area contributed by atoms with Crippen molar-refractivity contribution in [3.05, 3.63) is 94.3 Å². The van der Waals surface area contributed by atoms with Gasteiger partial charge in [-0.15, -0.1) is 0 Å². The molecule has 0 radical (unpaired) electrons. The summed E-state index contributed by atoms with van der Waals surface area (Å²) in [6.45, 7) is 20.6. The first kappa shape index (κ1) is 28.2. The van der Waals surface area contributed by atoms with Crippen molar-refractivity contribution in [3.63, 3.8) is 0 Å². The molecule has 2 nitrogen and oxygen atoms in total. The second-order valence-electron chi connectivity index (χ2n) is 16.6. The molecule has 0 saturated carbocycles. The molecule has 0 aliphatic heterocycles. The summed E-state index contributed by atoms with van der Waals surface area (Å²) in [5, 5.41) is 9.75. The zero-order valence-electron chi connectivity index (χ0n) is 28.0. The SMILES string of the molecule is CC(C)(C)c1ccc2c(c1)c1c3c(cc4c5cc(C(C)(C)C)cc6c7cc(C(C)(C)C)ccc7n(c65)c41)c1cc(Cl)c(F)cc1n23. The van der Waals surface area contributed by atoms with Crippen LogP contribution in [0, 0.1) is 5.82 Å². The summed E-state index contributed by atoms with van der Waals surface area (Å²) in [6.07, 6.45) is 0. The maximum absolute atomic E-state index is 15.1. The quantitative estimate of drug-likeness (QED) is 0.159. The molecule has 9 aromatic rings. The van der Waals surface area contributed by atoms with Gasteiger partial charge in [0.1, 0.15) is 5.82 Å². The van der Waals surface area contributed by atoms with E-state index in [2.05, 4.69) is 126 Å². The molecular weight excluding hydrogens is 587 g/mol. The lowest BCUT2D eigenvalue weighted by Crippen LogP contribution is -2.11. The lowest BCUT2D eigenvalue weighted by atomic mass is 9.84. The van der Waals surface area contributed by atoms with E-state index in [0.29, 0.717) is 0 Å². The fourth-order valence-electron chi connectivity index (χ4n) is 7.98. The molecule has 0 atom stereocenters. The van der Waals surface area contributed by atoms with Gasteiger partial charge in [-0.25, -0.2) is 4.39 Å². The van der Waals surface area contributed by atoms with E-state index in [1.165, 1.54) is 65.6 Å². The first-order chi connectivity index (χ1) is 21.5. The Labute approximate surface area is 273 Å². The normalized spacial score (nSPS) is 14.0. The third-order valence-corrected chi connectivity index (χ3v) is 10.8. The maximum Gasteiger partial charge on any atom is 0.143 e. The largest absolute Gasteiger partial charge is 0.308 e. The Morgan fingerprint density at radius 2 is 0.913 bits per heavy atom. The van der Waals surface area contributed by atoms with Gasteiger partial charge in [-0.3, -0.25) is 0 Å². The minimum atomic E-state index is -0.394. The van der Waals surface area contributed by atoms with Gasteiger partial charge in [0, 0.05) is 49.2 Å². The minimum absolute atomic E-state index is 0.0214. The van der Waals surface area contributed by atoms with Crippen LogP contribution >= 0.6 is 11.6 Å². The smallest absolute Gasteiger partial charge is 0.143 e. The van der Waals surface area contributed by atoms with Crippen molar-refractivity contribution in [2.75, 3.05) is 0 Å². The molecule has 4 aromatic heterocycles. The van der Waals surface area contributed by atoms with Gasteiger partial charge in [-0.2, -0.15) is 0 Å². The Morgan fingerprint density at radius 1 is 0.457 bits per heavy atom. The van der Waals surface area contributed by atoms with Crippen molar-refractivity contribution in [3.8, 4) is 0 Å². The summed E-state index contributed by atoms with van der Waals surface area (Å²) < 4.78 is 19.9. The van der Waals surface area contributed by atoms with Crippen molar-refractivity contribution < 1.29 is 4.39 Å². The van der Waals surface area contributed by atoms with Gasteiger partial charge in [0.05, 0.1) is 38.1 Å². The summed E-state index contributed by atoms with van der Waals surface area (Å²) in [5.74, 6) is -0.394. The Hall–Kier alpha value is -4.08. The molecule has 5 aromatic carbocycles. The number of rotatable bonds is 0. The highest BCUT2D eigenvalue weighted by Crippen LogP contribution is 2.50. The molecule has 0 bridgehead atoms. The highest BCUT2D eigenvalue weighted by atomic mass is 35.5.